The van der Waals surface area contributed by atoms with Crippen LogP contribution in [0.1, 0.15) is 36.2 Å². The van der Waals surface area contributed by atoms with E-state index in [4.69, 9.17) is 0 Å². The minimum atomic E-state index is -3.35. The highest BCUT2D eigenvalue weighted by Gasteiger charge is 2.64. The molecule has 22 heavy (non-hydrogen) atoms. The number of alkyl halides is 2. The van der Waals surface area contributed by atoms with Crippen LogP contribution in [0.2, 0.25) is 0 Å². The Kier molecular flexibility index (Phi) is 3.71. The molecule has 8 heteroatoms. The molecule has 1 aliphatic heterocycles. The van der Waals surface area contributed by atoms with Crippen LogP contribution in [0.3, 0.4) is 0 Å². The van der Waals surface area contributed by atoms with Gasteiger partial charge in [-0.2, -0.15) is 0 Å². The number of carbonyl (C=O) groups excluding carboxylic acids is 1. The summed E-state index contributed by atoms with van der Waals surface area (Å²) < 4.78 is 41.0. The van der Waals surface area contributed by atoms with E-state index in [1.165, 1.54) is 0 Å². The minimum Gasteiger partial charge on any atom is -0.384 e. The van der Waals surface area contributed by atoms with Crippen LogP contribution in [0.4, 0.5) is 13.2 Å². The summed E-state index contributed by atoms with van der Waals surface area (Å²) in [7, 11) is 0. The van der Waals surface area contributed by atoms with Crippen molar-refractivity contribution in [3.05, 3.63) is 28.2 Å². The number of carbonyl (C=O) groups is 1. The topological polar surface area (TPSA) is 53.4 Å². The Morgan fingerprint density at radius 1 is 1.36 bits per heavy atom. The molecule has 2 fully saturated rings. The first-order valence-corrected chi connectivity index (χ1v) is 7.77. The van der Waals surface area contributed by atoms with Crippen molar-refractivity contribution in [1.29, 1.82) is 0 Å². The Labute approximate surface area is 133 Å². The highest BCUT2D eigenvalue weighted by Crippen LogP contribution is 2.49. The van der Waals surface area contributed by atoms with Crippen molar-refractivity contribution in [2.24, 2.45) is 0 Å². The van der Waals surface area contributed by atoms with E-state index >= 15 is 0 Å². The molecule has 2 aliphatic rings. The molecule has 1 saturated heterocycles. The van der Waals surface area contributed by atoms with Gasteiger partial charge in [-0.15, -0.1) is 0 Å². The van der Waals surface area contributed by atoms with Gasteiger partial charge in [-0.1, -0.05) is 12.8 Å². The number of likely N-dealkylation sites (tertiary alicyclic amines) is 1. The van der Waals surface area contributed by atoms with Crippen molar-refractivity contribution in [3.63, 3.8) is 0 Å². The van der Waals surface area contributed by atoms with E-state index in [2.05, 4.69) is 20.9 Å². The number of hydrogen-bond acceptors (Lipinski definition) is 3. The zero-order chi connectivity index (χ0) is 16.1. The summed E-state index contributed by atoms with van der Waals surface area (Å²) in [5.74, 6) is -4.70. The normalized spacial score (nSPS) is 25.9. The summed E-state index contributed by atoms with van der Waals surface area (Å²) >= 11 is 2.88. The van der Waals surface area contributed by atoms with Crippen molar-refractivity contribution in [1.82, 2.24) is 9.88 Å². The van der Waals surface area contributed by atoms with Crippen LogP contribution in [0.15, 0.2) is 16.7 Å². The molecule has 2 heterocycles. The molecule has 4 nitrogen and oxygen atoms in total. The summed E-state index contributed by atoms with van der Waals surface area (Å²) in [6.45, 7) is -0.844. The van der Waals surface area contributed by atoms with Gasteiger partial charge in [0.25, 0.3) is 11.8 Å². The largest absolute Gasteiger partial charge is 0.384 e. The number of aliphatic hydroxyl groups excluding tert-OH is 1. The highest BCUT2D eigenvalue weighted by atomic mass is 79.9. The van der Waals surface area contributed by atoms with Crippen molar-refractivity contribution in [2.75, 3.05) is 6.54 Å². The predicted octanol–water partition coefficient (Wildman–Crippen LogP) is 2.75. The molecule has 1 N–H and O–H groups in total. The van der Waals surface area contributed by atoms with Gasteiger partial charge >= 0.3 is 0 Å². The third-order valence-corrected chi connectivity index (χ3v) is 5.11. The SMILES string of the molecule is O=C(c1ccc(F)c(Br)n1)N1CC(F)(F)C(O)C12CCCC2. The first kappa shape index (κ1) is 15.7. The Hall–Kier alpha value is -1.15. The third-order valence-electron chi connectivity index (χ3n) is 4.55. The Morgan fingerprint density at radius 3 is 2.59 bits per heavy atom. The van der Waals surface area contributed by atoms with Crippen LogP contribution in [0, 0.1) is 5.82 Å². The first-order valence-electron chi connectivity index (χ1n) is 6.98. The Morgan fingerprint density at radius 2 is 2.00 bits per heavy atom. The van der Waals surface area contributed by atoms with Crippen LogP contribution >= 0.6 is 15.9 Å². The Bertz CT molecular complexity index is 620. The van der Waals surface area contributed by atoms with E-state index in [-0.39, 0.29) is 10.3 Å². The van der Waals surface area contributed by atoms with Gasteiger partial charge in [0.2, 0.25) is 0 Å². The van der Waals surface area contributed by atoms with Gasteiger partial charge in [-0.3, -0.25) is 4.79 Å². The molecule has 120 valence electrons. The molecule has 1 spiro atoms. The van der Waals surface area contributed by atoms with E-state index in [0.29, 0.717) is 25.7 Å². The quantitative estimate of drug-likeness (QED) is 0.764. The van der Waals surface area contributed by atoms with E-state index in [1.807, 2.05) is 0 Å². The maximum Gasteiger partial charge on any atom is 0.292 e. The number of rotatable bonds is 1. The third kappa shape index (κ3) is 2.23. The van der Waals surface area contributed by atoms with Gasteiger partial charge in [0.05, 0.1) is 12.1 Å². The summed E-state index contributed by atoms with van der Waals surface area (Å²) in [6.07, 6.45) is 0.139. The lowest BCUT2D eigenvalue weighted by atomic mass is 9.90. The molecule has 0 bridgehead atoms. The molecule has 1 atom stereocenters. The zero-order valence-electron chi connectivity index (χ0n) is 11.5. The minimum absolute atomic E-state index is 0.121. The molecule has 1 unspecified atom stereocenters. The number of aromatic nitrogens is 1. The molecular weight excluding hydrogens is 365 g/mol. The number of aliphatic hydroxyl groups is 1. The summed E-state index contributed by atoms with van der Waals surface area (Å²) in [6, 6.07) is 2.21. The molecule has 1 amide bonds. The van der Waals surface area contributed by atoms with Crippen molar-refractivity contribution in [3.8, 4) is 0 Å². The lowest BCUT2D eigenvalue weighted by Gasteiger charge is -2.36. The van der Waals surface area contributed by atoms with Gasteiger partial charge in [-0.25, -0.2) is 18.2 Å². The predicted molar refractivity (Wildman–Crippen MR) is 75.1 cm³/mol. The highest BCUT2D eigenvalue weighted by molar-refractivity contribution is 9.10. The number of halogens is 4. The average Bonchev–Trinajstić information content (AvgIpc) is 3.02. The Balaban J connectivity index is 1.98. The second-order valence-electron chi connectivity index (χ2n) is 5.83. The van der Waals surface area contributed by atoms with Crippen LogP contribution < -0.4 is 0 Å². The van der Waals surface area contributed by atoms with Crippen LogP contribution in [0.5, 0.6) is 0 Å². The fraction of sp³-hybridized carbons (Fsp3) is 0.571. The molecular formula is C14H14BrF3N2O2. The number of hydrogen-bond donors (Lipinski definition) is 1. The number of pyridine rings is 1. The van der Waals surface area contributed by atoms with Gasteiger partial charge in [0.15, 0.2) is 5.82 Å². The number of nitrogens with zero attached hydrogens (tertiary/aromatic N) is 2. The standard InChI is InChI=1S/C14H14BrF3N2O2/c15-10-8(16)3-4-9(19-10)11(21)20-7-14(17,18)12(22)13(20)5-1-2-6-13/h3-4,12,22H,1-2,5-7H2. The van der Waals surface area contributed by atoms with E-state index in [9.17, 15) is 23.1 Å². The zero-order valence-corrected chi connectivity index (χ0v) is 13.1. The smallest absolute Gasteiger partial charge is 0.292 e. The average molecular weight is 379 g/mol. The van der Waals surface area contributed by atoms with Crippen molar-refractivity contribution in [2.45, 2.75) is 43.2 Å². The van der Waals surface area contributed by atoms with Gasteiger partial charge < -0.3 is 10.0 Å². The fourth-order valence-corrected chi connectivity index (χ4v) is 3.80. The fourth-order valence-electron chi connectivity index (χ4n) is 3.47. The second-order valence-corrected chi connectivity index (χ2v) is 6.59. The molecule has 1 aliphatic carbocycles. The monoisotopic (exact) mass is 378 g/mol. The molecule has 0 radical (unpaired) electrons. The second kappa shape index (κ2) is 5.19. The van der Waals surface area contributed by atoms with Crippen LogP contribution in [-0.2, 0) is 0 Å². The van der Waals surface area contributed by atoms with Crippen LogP contribution in [0.25, 0.3) is 0 Å². The summed E-state index contributed by atoms with van der Waals surface area (Å²) in [5.41, 5.74) is -1.37. The molecule has 3 rings (SSSR count). The maximum absolute atomic E-state index is 14.0. The van der Waals surface area contributed by atoms with Crippen LogP contribution in [-0.4, -0.2) is 45.0 Å². The lowest BCUT2D eigenvalue weighted by Crippen LogP contribution is -2.52. The number of amides is 1. The maximum atomic E-state index is 14.0. The van der Waals surface area contributed by atoms with E-state index in [0.717, 1.165) is 17.0 Å². The van der Waals surface area contributed by atoms with Gasteiger partial charge in [0.1, 0.15) is 16.4 Å². The summed E-state index contributed by atoms with van der Waals surface area (Å²) in [5, 5.41) is 10.0. The first-order chi connectivity index (χ1) is 10.3. The van der Waals surface area contributed by atoms with Gasteiger partial charge in [0, 0.05) is 0 Å². The summed E-state index contributed by atoms with van der Waals surface area (Å²) in [4.78, 5) is 17.4. The van der Waals surface area contributed by atoms with E-state index in [1.54, 1.807) is 0 Å². The van der Waals surface area contributed by atoms with Gasteiger partial charge in [-0.05, 0) is 40.9 Å². The molecule has 1 aromatic rings. The molecule has 1 aromatic heterocycles. The molecule has 1 saturated carbocycles. The van der Waals surface area contributed by atoms with E-state index < -0.39 is 35.8 Å². The molecule has 0 aromatic carbocycles. The van der Waals surface area contributed by atoms with Crippen molar-refractivity contribution >= 4 is 21.8 Å². The lowest BCUT2D eigenvalue weighted by molar-refractivity contribution is -0.0959. The van der Waals surface area contributed by atoms with Crippen molar-refractivity contribution < 1.29 is 23.1 Å².